The van der Waals surface area contributed by atoms with E-state index in [0.29, 0.717) is 29.5 Å². The molecule has 0 radical (unpaired) electrons. The molecule has 0 unspecified atom stereocenters. The van der Waals surface area contributed by atoms with E-state index in [9.17, 15) is 4.79 Å². The van der Waals surface area contributed by atoms with Crippen molar-refractivity contribution in [2.45, 2.75) is 26.7 Å². The highest BCUT2D eigenvalue weighted by molar-refractivity contribution is 5.93. The van der Waals surface area contributed by atoms with Crippen LogP contribution in [0.25, 0.3) is 11.3 Å². The zero-order valence-corrected chi connectivity index (χ0v) is 13.4. The summed E-state index contributed by atoms with van der Waals surface area (Å²) in [4.78, 5) is 14.3. The minimum Gasteiger partial charge on any atom is -0.454 e. The van der Waals surface area contributed by atoms with Crippen LogP contribution in [0.1, 0.15) is 37.2 Å². The van der Waals surface area contributed by atoms with Crippen LogP contribution in [-0.4, -0.2) is 35.8 Å². The molecule has 122 valence electrons. The number of aromatic nitrogens is 1. The van der Waals surface area contributed by atoms with Gasteiger partial charge in [0.05, 0.1) is 0 Å². The number of nitrogens with zero attached hydrogens (tertiary/aromatic N) is 2. The second kappa shape index (κ2) is 6.73. The van der Waals surface area contributed by atoms with Crippen molar-refractivity contribution in [1.29, 1.82) is 0 Å². The van der Waals surface area contributed by atoms with Gasteiger partial charge in [-0.05, 0) is 31.5 Å². The lowest BCUT2D eigenvalue weighted by Crippen LogP contribution is -2.31. The van der Waals surface area contributed by atoms with Gasteiger partial charge >= 0.3 is 0 Å². The molecule has 0 aliphatic carbocycles. The smallest absolute Gasteiger partial charge is 0.276 e. The first kappa shape index (κ1) is 15.4. The van der Waals surface area contributed by atoms with E-state index in [1.54, 1.807) is 11.0 Å². The average Bonchev–Trinajstić information content (AvgIpc) is 3.23. The number of benzene rings is 1. The predicted molar refractivity (Wildman–Crippen MR) is 84.5 cm³/mol. The molecular formula is C17H20N2O4. The Balaban J connectivity index is 1.78. The van der Waals surface area contributed by atoms with Gasteiger partial charge in [0, 0.05) is 24.7 Å². The molecule has 1 aliphatic heterocycles. The molecule has 0 fully saturated rings. The summed E-state index contributed by atoms with van der Waals surface area (Å²) in [5.74, 6) is 1.82. The van der Waals surface area contributed by atoms with Crippen LogP contribution < -0.4 is 9.47 Å². The highest BCUT2D eigenvalue weighted by Crippen LogP contribution is 2.36. The van der Waals surface area contributed by atoms with Gasteiger partial charge in [-0.3, -0.25) is 4.79 Å². The summed E-state index contributed by atoms with van der Waals surface area (Å²) in [6.07, 6.45) is 2.03. The van der Waals surface area contributed by atoms with Crippen LogP contribution in [-0.2, 0) is 0 Å². The standard InChI is InChI=1S/C17H20N2O4/c1-3-5-8-19(4-2)17(20)13-10-15(23-18-13)12-6-7-14-16(9-12)22-11-21-14/h6-7,9-10H,3-5,8,11H2,1-2H3. The van der Waals surface area contributed by atoms with Crippen LogP contribution in [0.15, 0.2) is 28.8 Å². The third kappa shape index (κ3) is 3.16. The molecule has 6 nitrogen and oxygen atoms in total. The average molecular weight is 316 g/mol. The zero-order chi connectivity index (χ0) is 16.2. The largest absolute Gasteiger partial charge is 0.454 e. The number of fused-ring (bicyclic) bond motifs is 1. The van der Waals surface area contributed by atoms with E-state index in [1.807, 2.05) is 25.1 Å². The second-order valence-electron chi connectivity index (χ2n) is 5.38. The minimum atomic E-state index is -0.100. The number of carbonyl (C=O) groups excluding carboxylic acids is 1. The van der Waals surface area contributed by atoms with Crippen LogP contribution in [0.4, 0.5) is 0 Å². The van der Waals surface area contributed by atoms with Gasteiger partial charge in [0.15, 0.2) is 23.0 Å². The summed E-state index contributed by atoms with van der Waals surface area (Å²) in [7, 11) is 0. The number of ether oxygens (including phenoxy) is 2. The Kier molecular flexibility index (Phi) is 4.50. The summed E-state index contributed by atoms with van der Waals surface area (Å²) >= 11 is 0. The van der Waals surface area contributed by atoms with Crippen molar-refractivity contribution in [2.24, 2.45) is 0 Å². The highest BCUT2D eigenvalue weighted by Gasteiger charge is 2.20. The van der Waals surface area contributed by atoms with Gasteiger partial charge in [-0.1, -0.05) is 18.5 Å². The van der Waals surface area contributed by atoms with Gasteiger partial charge in [-0.2, -0.15) is 0 Å². The monoisotopic (exact) mass is 316 g/mol. The number of unbranched alkanes of at least 4 members (excludes halogenated alkanes) is 1. The summed E-state index contributed by atoms with van der Waals surface area (Å²) in [6, 6.07) is 7.18. The third-order valence-electron chi connectivity index (χ3n) is 3.84. The summed E-state index contributed by atoms with van der Waals surface area (Å²) in [5.41, 5.74) is 1.13. The quantitative estimate of drug-likeness (QED) is 0.818. The fourth-order valence-electron chi connectivity index (χ4n) is 2.48. The Hall–Kier alpha value is -2.50. The lowest BCUT2D eigenvalue weighted by molar-refractivity contribution is 0.0752. The van der Waals surface area contributed by atoms with Gasteiger partial charge in [0.2, 0.25) is 6.79 Å². The molecule has 0 N–H and O–H groups in total. The van der Waals surface area contributed by atoms with Crippen molar-refractivity contribution in [2.75, 3.05) is 19.9 Å². The first-order chi connectivity index (χ1) is 11.2. The number of amides is 1. The normalized spacial score (nSPS) is 12.4. The Labute approximate surface area is 135 Å². The molecule has 2 heterocycles. The minimum absolute atomic E-state index is 0.100. The maximum atomic E-state index is 12.5. The number of hydrogen-bond donors (Lipinski definition) is 0. The first-order valence-electron chi connectivity index (χ1n) is 7.89. The van der Waals surface area contributed by atoms with Crippen molar-refractivity contribution in [1.82, 2.24) is 10.1 Å². The van der Waals surface area contributed by atoms with Crippen molar-refractivity contribution in [3.8, 4) is 22.8 Å². The maximum Gasteiger partial charge on any atom is 0.276 e. The Morgan fingerprint density at radius 3 is 2.83 bits per heavy atom. The molecule has 1 aromatic heterocycles. The van der Waals surface area contributed by atoms with E-state index in [0.717, 1.165) is 24.9 Å². The molecule has 0 bridgehead atoms. The Morgan fingerprint density at radius 2 is 2.04 bits per heavy atom. The molecule has 3 rings (SSSR count). The Morgan fingerprint density at radius 1 is 1.22 bits per heavy atom. The van der Waals surface area contributed by atoms with E-state index in [1.165, 1.54) is 0 Å². The van der Waals surface area contributed by atoms with Gasteiger partial charge in [0.25, 0.3) is 5.91 Å². The second-order valence-corrected chi connectivity index (χ2v) is 5.38. The molecule has 0 atom stereocenters. The van der Waals surface area contributed by atoms with Crippen molar-refractivity contribution >= 4 is 5.91 Å². The fourth-order valence-corrected chi connectivity index (χ4v) is 2.48. The van der Waals surface area contributed by atoms with E-state index in [4.69, 9.17) is 14.0 Å². The summed E-state index contributed by atoms with van der Waals surface area (Å²) < 4.78 is 16.0. The molecule has 0 spiro atoms. The Bertz CT molecular complexity index is 696. The molecule has 2 aromatic rings. The van der Waals surface area contributed by atoms with Gasteiger partial charge < -0.3 is 18.9 Å². The van der Waals surface area contributed by atoms with Crippen molar-refractivity contribution < 1.29 is 18.8 Å². The van der Waals surface area contributed by atoms with Crippen LogP contribution in [0.3, 0.4) is 0 Å². The number of hydrogen-bond acceptors (Lipinski definition) is 5. The fraction of sp³-hybridized carbons (Fsp3) is 0.412. The molecule has 1 amide bonds. The lowest BCUT2D eigenvalue weighted by Gasteiger charge is -2.18. The molecule has 6 heteroatoms. The maximum absolute atomic E-state index is 12.5. The van der Waals surface area contributed by atoms with E-state index in [-0.39, 0.29) is 12.7 Å². The van der Waals surface area contributed by atoms with E-state index in [2.05, 4.69) is 12.1 Å². The molecule has 1 aromatic carbocycles. The number of rotatable bonds is 6. The topological polar surface area (TPSA) is 64.8 Å². The van der Waals surface area contributed by atoms with Crippen molar-refractivity contribution in [3.05, 3.63) is 30.0 Å². The predicted octanol–water partition coefficient (Wildman–Crippen LogP) is 3.33. The molecule has 0 saturated carbocycles. The SMILES string of the molecule is CCCCN(CC)C(=O)c1cc(-c2ccc3c(c2)OCO3)on1. The van der Waals surface area contributed by atoms with Crippen LogP contribution >= 0.6 is 0 Å². The summed E-state index contributed by atoms with van der Waals surface area (Å²) in [5, 5.41) is 3.92. The molecule has 1 aliphatic rings. The van der Waals surface area contributed by atoms with Crippen molar-refractivity contribution in [3.63, 3.8) is 0 Å². The lowest BCUT2D eigenvalue weighted by atomic mass is 10.1. The first-order valence-corrected chi connectivity index (χ1v) is 7.89. The molecular weight excluding hydrogens is 296 g/mol. The number of carbonyl (C=O) groups is 1. The van der Waals surface area contributed by atoms with Crippen LogP contribution in [0.5, 0.6) is 11.5 Å². The van der Waals surface area contributed by atoms with Gasteiger partial charge in [-0.25, -0.2) is 0 Å². The molecule has 0 saturated heterocycles. The summed E-state index contributed by atoms with van der Waals surface area (Å²) in [6.45, 7) is 5.68. The third-order valence-corrected chi connectivity index (χ3v) is 3.84. The molecule has 23 heavy (non-hydrogen) atoms. The van der Waals surface area contributed by atoms with E-state index < -0.39 is 0 Å². The highest BCUT2D eigenvalue weighted by atomic mass is 16.7. The van der Waals surface area contributed by atoms with Gasteiger partial charge in [-0.15, -0.1) is 0 Å². The van der Waals surface area contributed by atoms with Crippen LogP contribution in [0, 0.1) is 0 Å². The van der Waals surface area contributed by atoms with E-state index >= 15 is 0 Å². The van der Waals surface area contributed by atoms with Crippen LogP contribution in [0.2, 0.25) is 0 Å². The zero-order valence-electron chi connectivity index (χ0n) is 13.4. The van der Waals surface area contributed by atoms with Gasteiger partial charge in [0.1, 0.15) is 0 Å².